The average Bonchev–Trinajstić information content (AvgIpc) is 3.34. The van der Waals surface area contributed by atoms with Crippen molar-refractivity contribution in [3.8, 4) is 0 Å². The van der Waals surface area contributed by atoms with Gasteiger partial charge in [-0.2, -0.15) is 0 Å². The third-order valence-electron chi connectivity index (χ3n) is 5.49. The van der Waals surface area contributed by atoms with Crippen molar-refractivity contribution in [3.05, 3.63) is 23.3 Å². The number of furan rings is 1. The molecule has 2 aromatic rings. The number of rotatable bonds is 14. The molecule has 7 nitrogen and oxygen atoms in total. The first-order valence-corrected chi connectivity index (χ1v) is 11.9. The predicted molar refractivity (Wildman–Crippen MR) is 119 cm³/mol. The van der Waals surface area contributed by atoms with Crippen LogP contribution in [0.1, 0.15) is 71.0 Å². The Hall–Kier alpha value is -1.25. The van der Waals surface area contributed by atoms with E-state index in [-0.39, 0.29) is 29.6 Å². The van der Waals surface area contributed by atoms with Crippen LogP contribution in [-0.2, 0) is 18.9 Å². The van der Waals surface area contributed by atoms with E-state index in [0.717, 1.165) is 44.1 Å². The molecule has 2 aromatic heterocycles. The van der Waals surface area contributed by atoms with Crippen LogP contribution < -0.4 is 0 Å². The van der Waals surface area contributed by atoms with E-state index in [0.29, 0.717) is 37.5 Å². The van der Waals surface area contributed by atoms with Gasteiger partial charge in [-0.3, -0.25) is 0 Å². The van der Waals surface area contributed by atoms with E-state index >= 15 is 0 Å². The molecule has 4 atom stereocenters. The number of aromatic nitrogens is 2. The molecule has 0 aromatic carbocycles. The number of nitrogens with zero attached hydrogens (tertiary/aromatic N) is 2. The molecule has 0 radical (unpaired) electrons. The smallest absolute Gasteiger partial charge is 0.189 e. The van der Waals surface area contributed by atoms with E-state index in [4.69, 9.17) is 35.0 Å². The highest BCUT2D eigenvalue weighted by atomic mass is 35.5. The van der Waals surface area contributed by atoms with Crippen molar-refractivity contribution in [2.24, 2.45) is 0 Å². The highest BCUT2D eigenvalue weighted by Crippen LogP contribution is 2.41. The molecule has 0 N–H and O–H groups in total. The second kappa shape index (κ2) is 12.7. The van der Waals surface area contributed by atoms with Crippen LogP contribution in [0.25, 0.3) is 11.1 Å². The van der Waals surface area contributed by atoms with E-state index in [2.05, 4.69) is 30.7 Å². The Morgan fingerprint density at radius 1 is 0.935 bits per heavy atom. The van der Waals surface area contributed by atoms with Crippen LogP contribution in [0, 0.1) is 0 Å². The SMILES string of the molecule is CCCCOC[C@H]1O[C@@H](c2coc3c(Cl)ncnc23)[C@H](OCCCC)[C@@H]1OCCCC. The first-order chi connectivity index (χ1) is 15.2. The Labute approximate surface area is 189 Å². The zero-order chi connectivity index (χ0) is 22.1. The minimum absolute atomic E-state index is 0.225. The van der Waals surface area contributed by atoms with Crippen LogP contribution in [0.4, 0.5) is 0 Å². The fourth-order valence-corrected chi connectivity index (χ4v) is 3.89. The lowest BCUT2D eigenvalue weighted by atomic mass is 10.0. The summed E-state index contributed by atoms with van der Waals surface area (Å²) in [6.45, 7) is 8.93. The molecule has 3 heterocycles. The van der Waals surface area contributed by atoms with Crippen LogP contribution in [0.5, 0.6) is 0 Å². The van der Waals surface area contributed by atoms with Crippen LogP contribution in [-0.4, -0.2) is 54.7 Å². The molecule has 174 valence electrons. The standard InChI is InChI=1S/C23H35ClN2O5/c1-4-7-10-27-14-17-20(28-11-8-5-2)22(29-12-9-6-3)19(31-17)16-13-30-21-18(16)25-15-26-23(21)24/h13,15,17,19-20,22H,4-12,14H2,1-3H3/t17-,19+,20-,22+/m1/s1. The molecule has 8 heteroatoms. The van der Waals surface area contributed by atoms with Crippen LogP contribution >= 0.6 is 11.6 Å². The third kappa shape index (κ3) is 6.17. The normalized spacial score (nSPS) is 23.7. The van der Waals surface area contributed by atoms with Crippen molar-refractivity contribution in [2.75, 3.05) is 26.4 Å². The zero-order valence-electron chi connectivity index (χ0n) is 18.8. The predicted octanol–water partition coefficient (Wildman–Crippen LogP) is 5.50. The maximum atomic E-state index is 6.48. The van der Waals surface area contributed by atoms with Crippen LogP contribution in [0.2, 0.25) is 5.15 Å². The number of halogens is 1. The molecule has 0 saturated carbocycles. The van der Waals surface area contributed by atoms with Gasteiger partial charge < -0.3 is 23.4 Å². The summed E-state index contributed by atoms with van der Waals surface area (Å²) in [5.74, 6) is 0. The molecular weight excluding hydrogens is 420 g/mol. The summed E-state index contributed by atoms with van der Waals surface area (Å²) in [6.07, 6.45) is 8.18. The van der Waals surface area contributed by atoms with Gasteiger partial charge in [0, 0.05) is 25.4 Å². The lowest BCUT2D eigenvalue weighted by molar-refractivity contribution is -0.0795. The number of hydrogen-bond acceptors (Lipinski definition) is 7. The van der Waals surface area contributed by atoms with E-state index < -0.39 is 0 Å². The lowest BCUT2D eigenvalue weighted by Gasteiger charge is -2.25. The summed E-state index contributed by atoms with van der Waals surface area (Å²) in [6, 6.07) is 0. The second-order valence-electron chi connectivity index (χ2n) is 7.93. The average molecular weight is 455 g/mol. The quantitative estimate of drug-likeness (QED) is 0.275. The van der Waals surface area contributed by atoms with Crippen molar-refractivity contribution in [1.82, 2.24) is 9.97 Å². The fraction of sp³-hybridized carbons (Fsp3) is 0.739. The van der Waals surface area contributed by atoms with Gasteiger partial charge in [0.15, 0.2) is 10.7 Å². The summed E-state index contributed by atoms with van der Waals surface area (Å²) in [4.78, 5) is 8.40. The molecule has 0 bridgehead atoms. The molecule has 0 unspecified atom stereocenters. The van der Waals surface area contributed by atoms with Gasteiger partial charge in [-0.15, -0.1) is 0 Å². The molecule has 1 fully saturated rings. The van der Waals surface area contributed by atoms with Crippen LogP contribution in [0.15, 0.2) is 17.0 Å². The van der Waals surface area contributed by atoms with Crippen molar-refractivity contribution >= 4 is 22.7 Å². The van der Waals surface area contributed by atoms with Crippen molar-refractivity contribution in [3.63, 3.8) is 0 Å². The van der Waals surface area contributed by atoms with E-state index in [1.165, 1.54) is 6.33 Å². The third-order valence-corrected chi connectivity index (χ3v) is 5.76. The lowest BCUT2D eigenvalue weighted by Crippen LogP contribution is -2.38. The molecule has 1 aliphatic heterocycles. The van der Waals surface area contributed by atoms with Gasteiger partial charge in [-0.25, -0.2) is 9.97 Å². The van der Waals surface area contributed by atoms with Crippen molar-refractivity contribution in [2.45, 2.75) is 83.7 Å². The Kier molecular flexibility index (Phi) is 9.99. The van der Waals surface area contributed by atoms with E-state index in [1.807, 2.05) is 0 Å². The molecule has 1 saturated heterocycles. The summed E-state index contributed by atoms with van der Waals surface area (Å²) in [7, 11) is 0. The molecule has 31 heavy (non-hydrogen) atoms. The summed E-state index contributed by atoms with van der Waals surface area (Å²) in [5, 5.41) is 0.285. The van der Waals surface area contributed by atoms with Gasteiger partial charge in [0.05, 0.1) is 12.9 Å². The minimum atomic E-state index is -0.379. The first-order valence-electron chi connectivity index (χ1n) is 11.5. The Bertz CT molecular complexity index is 786. The van der Waals surface area contributed by atoms with Crippen molar-refractivity contribution in [1.29, 1.82) is 0 Å². The van der Waals surface area contributed by atoms with Crippen molar-refractivity contribution < 1.29 is 23.4 Å². The highest BCUT2D eigenvalue weighted by Gasteiger charge is 2.48. The molecule has 0 spiro atoms. The Balaban J connectivity index is 1.85. The van der Waals surface area contributed by atoms with Gasteiger partial charge in [0.25, 0.3) is 0 Å². The molecule has 0 aliphatic carbocycles. The highest BCUT2D eigenvalue weighted by molar-refractivity contribution is 6.33. The monoisotopic (exact) mass is 454 g/mol. The van der Waals surface area contributed by atoms with Gasteiger partial charge in [-0.05, 0) is 19.3 Å². The van der Waals surface area contributed by atoms with Gasteiger partial charge in [-0.1, -0.05) is 51.6 Å². The maximum Gasteiger partial charge on any atom is 0.189 e. The summed E-state index contributed by atoms with van der Waals surface area (Å²) < 4.78 is 30.7. The minimum Gasteiger partial charge on any atom is -0.459 e. The summed E-state index contributed by atoms with van der Waals surface area (Å²) in [5.41, 5.74) is 1.91. The Morgan fingerprint density at radius 3 is 2.32 bits per heavy atom. The zero-order valence-corrected chi connectivity index (χ0v) is 19.6. The second-order valence-corrected chi connectivity index (χ2v) is 8.29. The number of ether oxygens (including phenoxy) is 4. The fourth-order valence-electron chi connectivity index (χ4n) is 3.71. The van der Waals surface area contributed by atoms with E-state index in [9.17, 15) is 0 Å². The Morgan fingerprint density at radius 2 is 1.61 bits per heavy atom. The van der Waals surface area contributed by atoms with Gasteiger partial charge in [0.1, 0.15) is 36.3 Å². The van der Waals surface area contributed by atoms with Crippen LogP contribution in [0.3, 0.4) is 0 Å². The number of fused-ring (bicyclic) bond motifs is 1. The maximum absolute atomic E-state index is 6.48. The van der Waals surface area contributed by atoms with Gasteiger partial charge in [0.2, 0.25) is 0 Å². The molecule has 3 rings (SSSR count). The van der Waals surface area contributed by atoms with E-state index in [1.54, 1.807) is 6.26 Å². The largest absolute Gasteiger partial charge is 0.459 e. The molecular formula is C23H35ClN2O5. The van der Waals surface area contributed by atoms with Gasteiger partial charge >= 0.3 is 0 Å². The molecule has 0 amide bonds. The number of unbranched alkanes of at least 4 members (excludes halogenated alkanes) is 3. The number of hydrogen-bond donors (Lipinski definition) is 0. The topological polar surface area (TPSA) is 75.8 Å². The summed E-state index contributed by atoms with van der Waals surface area (Å²) >= 11 is 6.19. The first kappa shape index (κ1) is 24.4. The molecule has 1 aliphatic rings.